The van der Waals surface area contributed by atoms with Crippen LogP contribution in [0, 0.1) is 6.92 Å². The summed E-state index contributed by atoms with van der Waals surface area (Å²) in [6.07, 6.45) is 0. The lowest BCUT2D eigenvalue weighted by Gasteiger charge is -2.13. The van der Waals surface area contributed by atoms with Gasteiger partial charge in [0.15, 0.2) is 0 Å². The molecule has 2 aromatic carbocycles. The molecule has 0 bridgehead atoms. The zero-order chi connectivity index (χ0) is 19.4. The second kappa shape index (κ2) is 8.23. The van der Waals surface area contributed by atoms with E-state index < -0.39 is 11.2 Å². The molecule has 0 N–H and O–H groups in total. The first-order chi connectivity index (χ1) is 12.9. The molecule has 0 saturated carbocycles. The highest BCUT2D eigenvalue weighted by molar-refractivity contribution is 8.02. The fraction of sp³-hybridized carbons (Fsp3) is 0.190. The van der Waals surface area contributed by atoms with E-state index in [0.717, 1.165) is 27.1 Å². The van der Waals surface area contributed by atoms with Gasteiger partial charge in [-0.05, 0) is 42.3 Å². The Morgan fingerprint density at radius 3 is 2.15 bits per heavy atom. The van der Waals surface area contributed by atoms with Crippen LogP contribution in [0.4, 0.5) is 8.78 Å². The number of hydrogen-bond acceptors (Lipinski definition) is 4. The average Bonchev–Trinajstić information content (AvgIpc) is 2.99. The third-order valence-corrected chi connectivity index (χ3v) is 6.49. The summed E-state index contributed by atoms with van der Waals surface area (Å²) >= 11 is 1.53. The minimum Gasteiger partial charge on any atom is -0.461 e. The Morgan fingerprint density at radius 1 is 1.04 bits per heavy atom. The van der Waals surface area contributed by atoms with Gasteiger partial charge in [-0.3, -0.25) is 0 Å². The predicted molar refractivity (Wildman–Crippen MR) is 107 cm³/mol. The van der Waals surface area contributed by atoms with Crippen molar-refractivity contribution in [3.8, 4) is 21.6 Å². The van der Waals surface area contributed by atoms with Crippen molar-refractivity contribution in [3.63, 3.8) is 0 Å². The molecule has 0 amide bonds. The molecular formula is C21H18F2O2S2. The van der Waals surface area contributed by atoms with Crippen LogP contribution >= 0.6 is 23.1 Å². The van der Waals surface area contributed by atoms with Gasteiger partial charge in [0.2, 0.25) is 0 Å². The topological polar surface area (TPSA) is 26.3 Å². The van der Waals surface area contributed by atoms with Crippen molar-refractivity contribution < 1.29 is 18.3 Å². The van der Waals surface area contributed by atoms with Gasteiger partial charge in [-0.1, -0.05) is 60.7 Å². The number of alkyl halides is 2. The number of carbonyl (C=O) groups is 1. The van der Waals surface area contributed by atoms with Crippen LogP contribution in [0.1, 0.15) is 12.5 Å². The van der Waals surface area contributed by atoms with Gasteiger partial charge in [0.1, 0.15) is 0 Å². The molecule has 0 unspecified atom stereocenters. The van der Waals surface area contributed by atoms with Gasteiger partial charge in [0.05, 0.1) is 10.8 Å². The van der Waals surface area contributed by atoms with Crippen molar-refractivity contribution in [2.45, 2.75) is 23.3 Å². The number of ether oxygens (including phenoxy) is 1. The Hall–Kier alpha value is -2.18. The molecular weight excluding hydrogens is 386 g/mol. The molecule has 0 saturated heterocycles. The molecule has 3 rings (SSSR count). The maximum Gasteiger partial charge on any atom is 0.393 e. The lowest BCUT2D eigenvalue weighted by atomic mass is 9.99. The Kier molecular flexibility index (Phi) is 5.97. The van der Waals surface area contributed by atoms with Crippen LogP contribution in [0.2, 0.25) is 0 Å². The number of benzene rings is 2. The summed E-state index contributed by atoms with van der Waals surface area (Å²) < 4.78 is 33.5. The molecule has 0 aliphatic carbocycles. The van der Waals surface area contributed by atoms with Gasteiger partial charge < -0.3 is 4.74 Å². The minimum absolute atomic E-state index is 0.0804. The van der Waals surface area contributed by atoms with Crippen LogP contribution in [-0.4, -0.2) is 17.8 Å². The summed E-state index contributed by atoms with van der Waals surface area (Å²) in [5, 5.41) is -3.63. The van der Waals surface area contributed by atoms with E-state index >= 15 is 0 Å². The van der Waals surface area contributed by atoms with E-state index in [9.17, 15) is 13.6 Å². The standard InChI is InChI=1S/C21H18F2O2S2/c1-3-25-20(24)21(22,23)27-19-14(2)17(15-10-6-4-7-11-15)18(26-19)16-12-8-5-9-13-16/h4-13H,3H2,1-2H3. The summed E-state index contributed by atoms with van der Waals surface area (Å²) in [4.78, 5) is 12.5. The number of esters is 1. The van der Waals surface area contributed by atoms with Gasteiger partial charge >= 0.3 is 11.2 Å². The number of halogens is 2. The number of thiophene rings is 1. The van der Waals surface area contributed by atoms with Gasteiger partial charge in [-0.25, -0.2) is 4.79 Å². The fourth-order valence-electron chi connectivity index (χ4n) is 2.71. The van der Waals surface area contributed by atoms with Gasteiger partial charge in [-0.15, -0.1) is 11.3 Å². The molecule has 0 spiro atoms. The zero-order valence-electron chi connectivity index (χ0n) is 14.9. The van der Waals surface area contributed by atoms with Gasteiger partial charge in [0, 0.05) is 10.4 Å². The molecule has 2 nitrogen and oxygen atoms in total. The van der Waals surface area contributed by atoms with E-state index in [2.05, 4.69) is 4.74 Å². The van der Waals surface area contributed by atoms with Crippen molar-refractivity contribution in [2.24, 2.45) is 0 Å². The largest absolute Gasteiger partial charge is 0.461 e. The smallest absolute Gasteiger partial charge is 0.393 e. The van der Waals surface area contributed by atoms with Crippen molar-refractivity contribution >= 4 is 29.1 Å². The molecule has 1 heterocycles. The van der Waals surface area contributed by atoms with Gasteiger partial charge in [-0.2, -0.15) is 8.78 Å². The van der Waals surface area contributed by atoms with Crippen molar-refractivity contribution in [1.29, 1.82) is 0 Å². The predicted octanol–water partition coefficient (Wildman–Crippen LogP) is 6.64. The fourth-order valence-corrected chi connectivity index (χ4v) is 5.14. The molecule has 0 atom stereocenters. The number of rotatable bonds is 6. The maximum atomic E-state index is 14.3. The third-order valence-electron chi connectivity index (χ3n) is 3.94. The SMILES string of the molecule is CCOC(=O)C(F)(F)Sc1sc(-c2ccccc2)c(-c2ccccc2)c1C. The zero-order valence-corrected chi connectivity index (χ0v) is 16.5. The van der Waals surface area contributed by atoms with E-state index in [4.69, 9.17) is 0 Å². The molecule has 0 aliphatic heterocycles. The molecule has 27 heavy (non-hydrogen) atoms. The summed E-state index contributed by atoms with van der Waals surface area (Å²) in [6, 6.07) is 19.3. The molecule has 3 aromatic rings. The molecule has 0 radical (unpaired) electrons. The average molecular weight is 405 g/mol. The van der Waals surface area contributed by atoms with Crippen LogP contribution < -0.4 is 0 Å². The van der Waals surface area contributed by atoms with Crippen molar-refractivity contribution in [1.82, 2.24) is 0 Å². The van der Waals surface area contributed by atoms with Gasteiger partial charge in [0.25, 0.3) is 0 Å². The summed E-state index contributed by atoms with van der Waals surface area (Å²) in [7, 11) is 0. The number of hydrogen-bond donors (Lipinski definition) is 0. The van der Waals surface area contributed by atoms with Crippen molar-refractivity contribution in [2.75, 3.05) is 6.61 Å². The van der Waals surface area contributed by atoms with E-state index in [-0.39, 0.29) is 18.4 Å². The van der Waals surface area contributed by atoms with Crippen LogP contribution in [0.25, 0.3) is 21.6 Å². The van der Waals surface area contributed by atoms with Crippen LogP contribution in [0.5, 0.6) is 0 Å². The van der Waals surface area contributed by atoms with E-state index in [1.54, 1.807) is 0 Å². The number of carbonyl (C=O) groups excluding carboxylic acids is 1. The highest BCUT2D eigenvalue weighted by atomic mass is 32.2. The second-order valence-electron chi connectivity index (χ2n) is 5.79. The summed E-state index contributed by atoms with van der Waals surface area (Å²) in [6.45, 7) is 3.24. The van der Waals surface area contributed by atoms with Crippen LogP contribution in [-0.2, 0) is 9.53 Å². The molecule has 140 valence electrons. The third kappa shape index (κ3) is 4.22. The molecule has 1 aromatic heterocycles. The molecule has 6 heteroatoms. The Bertz CT molecular complexity index is 922. The maximum absolute atomic E-state index is 14.3. The summed E-state index contributed by atoms with van der Waals surface area (Å²) in [5.41, 5.74) is 3.56. The van der Waals surface area contributed by atoms with E-state index in [1.807, 2.05) is 67.6 Å². The molecule has 0 aliphatic rings. The highest BCUT2D eigenvalue weighted by Crippen LogP contribution is 2.50. The van der Waals surface area contributed by atoms with Crippen LogP contribution in [0.15, 0.2) is 64.9 Å². The lowest BCUT2D eigenvalue weighted by molar-refractivity contribution is -0.159. The quantitative estimate of drug-likeness (QED) is 0.340. The monoisotopic (exact) mass is 404 g/mol. The lowest BCUT2D eigenvalue weighted by Crippen LogP contribution is -2.26. The highest BCUT2D eigenvalue weighted by Gasteiger charge is 2.43. The Labute approximate surface area is 165 Å². The second-order valence-corrected chi connectivity index (χ2v) is 8.19. The Morgan fingerprint density at radius 2 is 1.59 bits per heavy atom. The Balaban J connectivity index is 2.09. The summed E-state index contributed by atoms with van der Waals surface area (Å²) in [5.74, 6) is -1.51. The van der Waals surface area contributed by atoms with E-state index in [1.165, 1.54) is 18.3 Å². The minimum atomic E-state index is -3.63. The first-order valence-corrected chi connectivity index (χ1v) is 10.1. The first kappa shape index (κ1) is 19.6. The number of thioether (sulfide) groups is 1. The first-order valence-electron chi connectivity index (χ1n) is 8.42. The normalized spacial score (nSPS) is 11.4. The van der Waals surface area contributed by atoms with Crippen molar-refractivity contribution in [3.05, 3.63) is 66.2 Å². The molecule has 0 fully saturated rings. The van der Waals surface area contributed by atoms with E-state index in [0.29, 0.717) is 4.21 Å². The van der Waals surface area contributed by atoms with Crippen LogP contribution in [0.3, 0.4) is 0 Å².